The first-order valence-electron chi connectivity index (χ1n) is 9.54. The number of likely N-dealkylation sites (tertiary alicyclic amines) is 1. The predicted molar refractivity (Wildman–Crippen MR) is 104 cm³/mol. The molecule has 0 bridgehead atoms. The highest BCUT2D eigenvalue weighted by molar-refractivity contribution is 7.90. The molecule has 1 aromatic carbocycles. The van der Waals surface area contributed by atoms with Crippen LogP contribution < -0.4 is 5.32 Å². The van der Waals surface area contributed by atoms with E-state index in [-0.39, 0.29) is 22.9 Å². The molecule has 11 heteroatoms. The van der Waals surface area contributed by atoms with Crippen LogP contribution >= 0.6 is 0 Å². The van der Waals surface area contributed by atoms with E-state index in [0.29, 0.717) is 17.1 Å². The fourth-order valence-electron chi connectivity index (χ4n) is 3.72. The summed E-state index contributed by atoms with van der Waals surface area (Å²) in [6, 6.07) is 3.67. The molecule has 3 amide bonds. The van der Waals surface area contributed by atoms with Gasteiger partial charge in [-0.05, 0) is 30.9 Å². The highest BCUT2D eigenvalue weighted by Crippen LogP contribution is 2.29. The van der Waals surface area contributed by atoms with Gasteiger partial charge in [0.1, 0.15) is 23.5 Å². The van der Waals surface area contributed by atoms with Crippen molar-refractivity contribution in [1.82, 2.24) is 14.5 Å². The SMILES string of the molecule is CC(C)C(NC(=O)CN1C(=O)c2ccccc2S1(=O)=O)C(=O)N1CCCC1C(=O)O. The molecule has 1 fully saturated rings. The van der Waals surface area contributed by atoms with Gasteiger partial charge in [0.2, 0.25) is 11.8 Å². The molecule has 0 aliphatic carbocycles. The first kappa shape index (κ1) is 21.8. The number of aliphatic carboxylic acids is 1. The summed E-state index contributed by atoms with van der Waals surface area (Å²) in [7, 11) is -4.15. The average molecular weight is 437 g/mol. The maximum atomic E-state index is 12.9. The number of rotatable bonds is 6. The summed E-state index contributed by atoms with van der Waals surface area (Å²) in [4.78, 5) is 50.4. The van der Waals surface area contributed by atoms with Crippen LogP contribution in [0.4, 0.5) is 0 Å². The number of amides is 3. The smallest absolute Gasteiger partial charge is 0.326 e. The topological polar surface area (TPSA) is 141 Å². The van der Waals surface area contributed by atoms with Crippen molar-refractivity contribution < 1.29 is 32.7 Å². The van der Waals surface area contributed by atoms with Crippen LogP contribution in [0.5, 0.6) is 0 Å². The quantitative estimate of drug-likeness (QED) is 0.640. The number of nitrogens with zero attached hydrogens (tertiary/aromatic N) is 2. The molecule has 2 unspecified atom stereocenters. The molecule has 1 saturated heterocycles. The minimum atomic E-state index is -4.15. The van der Waals surface area contributed by atoms with Crippen molar-refractivity contribution in [3.63, 3.8) is 0 Å². The molecule has 162 valence electrons. The molecule has 30 heavy (non-hydrogen) atoms. The lowest BCUT2D eigenvalue weighted by Crippen LogP contribution is -2.55. The molecule has 0 saturated carbocycles. The van der Waals surface area contributed by atoms with Crippen LogP contribution in [0, 0.1) is 5.92 Å². The van der Waals surface area contributed by atoms with Gasteiger partial charge < -0.3 is 15.3 Å². The Kier molecular flexibility index (Phi) is 5.84. The Hall–Kier alpha value is -2.95. The lowest BCUT2D eigenvalue weighted by Gasteiger charge is -2.29. The first-order valence-corrected chi connectivity index (χ1v) is 11.0. The largest absolute Gasteiger partial charge is 0.480 e. The molecule has 10 nitrogen and oxygen atoms in total. The molecule has 3 rings (SSSR count). The molecule has 0 aromatic heterocycles. The standard InChI is InChI=1S/C19H23N3O7S/c1-11(2)16(18(25)21-9-5-7-13(21)19(26)27)20-15(23)10-22-17(24)12-6-3-4-8-14(12)30(22,28)29/h3-4,6,8,11,13,16H,5,7,9-10H2,1-2H3,(H,20,23)(H,26,27). The highest BCUT2D eigenvalue weighted by Gasteiger charge is 2.43. The monoisotopic (exact) mass is 437 g/mol. The number of fused-ring (bicyclic) bond motifs is 1. The Labute approximate surface area is 173 Å². The second-order valence-corrected chi connectivity index (χ2v) is 9.46. The molecule has 0 spiro atoms. The third-order valence-electron chi connectivity index (χ3n) is 5.27. The van der Waals surface area contributed by atoms with Gasteiger partial charge in [-0.1, -0.05) is 26.0 Å². The molecular formula is C19H23N3O7S. The summed E-state index contributed by atoms with van der Waals surface area (Å²) in [5.41, 5.74) is -0.0110. The van der Waals surface area contributed by atoms with Gasteiger partial charge in [0, 0.05) is 6.54 Å². The van der Waals surface area contributed by atoms with E-state index in [4.69, 9.17) is 0 Å². The summed E-state index contributed by atoms with van der Waals surface area (Å²) in [6.07, 6.45) is 0.874. The first-order chi connectivity index (χ1) is 14.1. The van der Waals surface area contributed by atoms with Crippen molar-refractivity contribution in [3.05, 3.63) is 29.8 Å². The molecule has 2 N–H and O–H groups in total. The van der Waals surface area contributed by atoms with Crippen molar-refractivity contribution in [3.8, 4) is 0 Å². The van der Waals surface area contributed by atoms with Crippen molar-refractivity contribution in [2.45, 2.75) is 43.7 Å². The van der Waals surface area contributed by atoms with Crippen LogP contribution in [0.3, 0.4) is 0 Å². The number of carbonyl (C=O) groups is 4. The molecule has 2 atom stereocenters. The Balaban J connectivity index is 1.75. The lowest BCUT2D eigenvalue weighted by atomic mass is 10.0. The third kappa shape index (κ3) is 3.76. The van der Waals surface area contributed by atoms with Crippen molar-refractivity contribution >= 4 is 33.7 Å². The molecule has 2 aliphatic rings. The maximum absolute atomic E-state index is 12.9. The zero-order valence-corrected chi connectivity index (χ0v) is 17.4. The van der Waals surface area contributed by atoms with E-state index >= 15 is 0 Å². The summed E-state index contributed by atoms with van der Waals surface area (Å²) in [5.74, 6) is -3.65. The molecule has 2 heterocycles. The number of benzene rings is 1. The van der Waals surface area contributed by atoms with E-state index in [1.165, 1.54) is 29.2 Å². The maximum Gasteiger partial charge on any atom is 0.326 e. The third-order valence-corrected chi connectivity index (χ3v) is 7.06. The summed E-state index contributed by atoms with van der Waals surface area (Å²) in [6.45, 7) is 2.86. The molecule has 2 aliphatic heterocycles. The number of hydrogen-bond donors (Lipinski definition) is 2. The van der Waals surface area contributed by atoms with Crippen LogP contribution in [0.25, 0.3) is 0 Å². The predicted octanol–water partition coefficient (Wildman–Crippen LogP) is 0.0475. The summed E-state index contributed by atoms with van der Waals surface area (Å²) >= 11 is 0. The fraction of sp³-hybridized carbons (Fsp3) is 0.474. The number of carboxylic acids is 1. The van der Waals surface area contributed by atoms with Crippen molar-refractivity contribution in [2.75, 3.05) is 13.1 Å². The Morgan fingerprint density at radius 2 is 1.90 bits per heavy atom. The average Bonchev–Trinajstić information content (AvgIpc) is 3.25. The molecule has 0 radical (unpaired) electrons. The van der Waals surface area contributed by atoms with E-state index in [1.807, 2.05) is 0 Å². The van der Waals surface area contributed by atoms with Gasteiger partial charge in [-0.2, -0.15) is 0 Å². The zero-order valence-electron chi connectivity index (χ0n) is 16.6. The van der Waals surface area contributed by atoms with Gasteiger partial charge in [-0.25, -0.2) is 17.5 Å². The summed E-state index contributed by atoms with van der Waals surface area (Å²) < 4.78 is 25.7. The van der Waals surface area contributed by atoms with E-state index < -0.39 is 52.3 Å². The Bertz CT molecular complexity index is 1010. The number of carboxylic acid groups (broad SMARTS) is 1. The van der Waals surface area contributed by atoms with Crippen LogP contribution in [0.1, 0.15) is 37.0 Å². The van der Waals surface area contributed by atoms with Crippen molar-refractivity contribution in [1.29, 1.82) is 0 Å². The van der Waals surface area contributed by atoms with Crippen LogP contribution in [-0.4, -0.2) is 71.6 Å². The zero-order chi connectivity index (χ0) is 22.2. The van der Waals surface area contributed by atoms with E-state index in [1.54, 1.807) is 13.8 Å². The minimum absolute atomic E-state index is 0.0110. The molecular weight excluding hydrogens is 414 g/mol. The summed E-state index contributed by atoms with van der Waals surface area (Å²) in [5, 5.41) is 11.8. The van der Waals surface area contributed by atoms with E-state index in [0.717, 1.165) is 0 Å². The Morgan fingerprint density at radius 3 is 2.50 bits per heavy atom. The van der Waals surface area contributed by atoms with Gasteiger partial charge >= 0.3 is 5.97 Å². The highest BCUT2D eigenvalue weighted by atomic mass is 32.2. The number of sulfonamides is 1. The number of nitrogens with one attached hydrogen (secondary N) is 1. The molecule has 1 aromatic rings. The van der Waals surface area contributed by atoms with Crippen LogP contribution in [0.15, 0.2) is 29.2 Å². The van der Waals surface area contributed by atoms with Gasteiger partial charge in [-0.3, -0.25) is 14.4 Å². The number of carbonyl (C=O) groups excluding carboxylic acids is 3. The lowest BCUT2D eigenvalue weighted by molar-refractivity contribution is -0.149. The Morgan fingerprint density at radius 1 is 1.23 bits per heavy atom. The number of hydrogen-bond acceptors (Lipinski definition) is 6. The van der Waals surface area contributed by atoms with Gasteiger partial charge in [0.15, 0.2) is 0 Å². The van der Waals surface area contributed by atoms with Gasteiger partial charge in [-0.15, -0.1) is 0 Å². The van der Waals surface area contributed by atoms with E-state index in [2.05, 4.69) is 5.32 Å². The van der Waals surface area contributed by atoms with E-state index in [9.17, 15) is 32.7 Å². The van der Waals surface area contributed by atoms with Crippen LogP contribution in [0.2, 0.25) is 0 Å². The normalized spacial score (nSPS) is 20.9. The van der Waals surface area contributed by atoms with Crippen molar-refractivity contribution in [2.24, 2.45) is 5.92 Å². The fourth-order valence-corrected chi connectivity index (χ4v) is 5.24. The second kappa shape index (κ2) is 8.05. The van der Waals surface area contributed by atoms with Gasteiger partial charge in [0.25, 0.3) is 15.9 Å². The minimum Gasteiger partial charge on any atom is -0.480 e. The second-order valence-electron chi connectivity index (χ2n) is 7.63. The van der Waals surface area contributed by atoms with Crippen LogP contribution in [-0.2, 0) is 24.4 Å². The van der Waals surface area contributed by atoms with Gasteiger partial charge in [0.05, 0.1) is 5.56 Å².